The zero-order valence-electron chi connectivity index (χ0n) is 14.8. The van der Waals surface area contributed by atoms with Crippen LogP contribution in [-0.2, 0) is 9.53 Å². The minimum Gasteiger partial charge on any atom is -0.481 e. The Morgan fingerprint density at radius 1 is 1.38 bits per heavy atom. The average Bonchev–Trinajstić information content (AvgIpc) is 3.08. The third-order valence-corrected chi connectivity index (χ3v) is 4.65. The molecule has 1 amide bonds. The lowest BCUT2D eigenvalue weighted by Gasteiger charge is -2.39. The molecule has 1 aliphatic rings. The first-order chi connectivity index (χ1) is 12.5. The minimum absolute atomic E-state index is 0.0661. The highest BCUT2D eigenvalue weighted by molar-refractivity contribution is 6.00. The highest BCUT2D eigenvalue weighted by Crippen LogP contribution is 2.32. The number of nitrogens with zero attached hydrogens (tertiary/aromatic N) is 3. The third-order valence-electron chi connectivity index (χ3n) is 4.65. The molecule has 1 aromatic carbocycles. The lowest BCUT2D eigenvalue weighted by Crippen LogP contribution is -2.52. The molecule has 0 aliphatic carbocycles. The average molecular weight is 359 g/mol. The maximum Gasteiger partial charge on any atom is 0.313 e. The van der Waals surface area contributed by atoms with Crippen molar-refractivity contribution in [3.8, 4) is 11.5 Å². The van der Waals surface area contributed by atoms with E-state index in [0.29, 0.717) is 36.3 Å². The molecule has 0 spiro atoms. The number of amides is 1. The van der Waals surface area contributed by atoms with Gasteiger partial charge in [0.1, 0.15) is 5.41 Å². The number of carbonyl (C=O) groups excluding carboxylic acids is 1. The molecule has 8 heteroatoms. The van der Waals surface area contributed by atoms with Crippen LogP contribution in [0.15, 0.2) is 28.8 Å². The van der Waals surface area contributed by atoms with E-state index in [2.05, 4.69) is 10.1 Å². The Hall–Kier alpha value is -2.74. The quantitative estimate of drug-likeness (QED) is 0.870. The van der Waals surface area contributed by atoms with Gasteiger partial charge in [-0.1, -0.05) is 17.3 Å². The maximum absolute atomic E-state index is 13.1. The molecular weight excluding hydrogens is 338 g/mol. The second-order valence-corrected chi connectivity index (χ2v) is 6.54. The van der Waals surface area contributed by atoms with Gasteiger partial charge in [0.25, 0.3) is 11.8 Å². The number of methoxy groups -OCH3 is 1. The molecule has 1 aliphatic heterocycles. The van der Waals surface area contributed by atoms with Gasteiger partial charge >= 0.3 is 5.97 Å². The van der Waals surface area contributed by atoms with Gasteiger partial charge in [-0.25, -0.2) is 0 Å². The zero-order chi connectivity index (χ0) is 18.7. The van der Waals surface area contributed by atoms with Gasteiger partial charge < -0.3 is 19.3 Å². The normalized spacial score (nSPS) is 20.2. The Balaban J connectivity index is 1.91. The number of carboxylic acid groups (broad SMARTS) is 1. The van der Waals surface area contributed by atoms with E-state index < -0.39 is 11.4 Å². The Bertz CT molecular complexity index is 815. The lowest BCUT2D eigenvalue weighted by atomic mass is 9.80. The predicted molar refractivity (Wildman–Crippen MR) is 91.6 cm³/mol. The summed E-state index contributed by atoms with van der Waals surface area (Å²) in [6.45, 7) is 2.37. The summed E-state index contributed by atoms with van der Waals surface area (Å²) < 4.78 is 10.3. The highest BCUT2D eigenvalue weighted by Gasteiger charge is 2.44. The SMILES string of the molecule is COCC1(C(=O)O)CCCN(C(=O)c2ccccc2-c2nc(C)no2)C1. The Labute approximate surface area is 150 Å². The molecule has 3 rings (SSSR count). The number of carboxylic acids is 1. The van der Waals surface area contributed by atoms with Crippen molar-refractivity contribution in [3.63, 3.8) is 0 Å². The van der Waals surface area contributed by atoms with Crippen LogP contribution in [0.3, 0.4) is 0 Å². The van der Waals surface area contributed by atoms with Gasteiger partial charge in [-0.15, -0.1) is 0 Å². The van der Waals surface area contributed by atoms with Crippen molar-refractivity contribution in [1.82, 2.24) is 15.0 Å². The molecule has 1 N–H and O–H groups in total. The number of aromatic nitrogens is 2. The number of likely N-dealkylation sites (tertiary alicyclic amines) is 1. The molecule has 138 valence electrons. The van der Waals surface area contributed by atoms with Crippen molar-refractivity contribution < 1.29 is 24.0 Å². The monoisotopic (exact) mass is 359 g/mol. The van der Waals surface area contributed by atoms with E-state index in [0.717, 1.165) is 0 Å². The number of carbonyl (C=O) groups is 2. The number of aryl methyl sites for hydroxylation is 1. The molecule has 26 heavy (non-hydrogen) atoms. The van der Waals surface area contributed by atoms with Crippen LogP contribution in [0.5, 0.6) is 0 Å². The lowest BCUT2D eigenvalue weighted by molar-refractivity contribution is -0.155. The van der Waals surface area contributed by atoms with Crippen molar-refractivity contribution in [2.45, 2.75) is 19.8 Å². The van der Waals surface area contributed by atoms with Gasteiger partial charge in [0.2, 0.25) is 0 Å². The van der Waals surface area contributed by atoms with Crippen LogP contribution < -0.4 is 0 Å². The van der Waals surface area contributed by atoms with E-state index in [1.807, 2.05) is 0 Å². The summed E-state index contributed by atoms with van der Waals surface area (Å²) in [5.74, 6) is -0.453. The molecule has 1 unspecified atom stereocenters. The number of aliphatic carboxylic acids is 1. The summed E-state index contributed by atoms with van der Waals surface area (Å²) in [4.78, 5) is 30.7. The van der Waals surface area contributed by atoms with Crippen molar-refractivity contribution >= 4 is 11.9 Å². The number of piperidine rings is 1. The van der Waals surface area contributed by atoms with Gasteiger partial charge in [0, 0.05) is 20.2 Å². The molecular formula is C18H21N3O5. The molecule has 0 bridgehead atoms. The summed E-state index contributed by atoms with van der Waals surface area (Å²) in [5, 5.41) is 13.4. The van der Waals surface area contributed by atoms with E-state index in [9.17, 15) is 14.7 Å². The van der Waals surface area contributed by atoms with E-state index in [4.69, 9.17) is 9.26 Å². The standard InChI is InChI=1S/C18H21N3O5/c1-12-19-15(26-20-12)13-6-3-4-7-14(13)16(22)21-9-5-8-18(10-21,11-25-2)17(23)24/h3-4,6-7H,5,8-11H2,1-2H3,(H,23,24). The van der Waals surface area contributed by atoms with Gasteiger partial charge in [-0.2, -0.15) is 4.98 Å². The number of rotatable bonds is 5. The van der Waals surface area contributed by atoms with Crippen LogP contribution in [-0.4, -0.2) is 58.8 Å². The minimum atomic E-state index is -1.08. The smallest absolute Gasteiger partial charge is 0.313 e. The van der Waals surface area contributed by atoms with Crippen molar-refractivity contribution in [1.29, 1.82) is 0 Å². The Morgan fingerprint density at radius 3 is 2.81 bits per heavy atom. The summed E-state index contributed by atoms with van der Waals surface area (Å²) in [7, 11) is 1.47. The summed E-state index contributed by atoms with van der Waals surface area (Å²) in [6, 6.07) is 6.96. The van der Waals surface area contributed by atoms with Crippen LogP contribution in [0.1, 0.15) is 29.0 Å². The fourth-order valence-corrected chi connectivity index (χ4v) is 3.37. The highest BCUT2D eigenvalue weighted by atomic mass is 16.5. The van der Waals surface area contributed by atoms with Crippen molar-refractivity contribution in [3.05, 3.63) is 35.7 Å². The van der Waals surface area contributed by atoms with E-state index in [1.54, 1.807) is 36.1 Å². The second kappa shape index (κ2) is 7.25. The molecule has 0 radical (unpaired) electrons. The summed E-state index contributed by atoms with van der Waals surface area (Å²) in [5.41, 5.74) is -0.135. The number of hydrogen-bond donors (Lipinski definition) is 1. The van der Waals surface area contributed by atoms with Crippen LogP contribution in [0.4, 0.5) is 0 Å². The third kappa shape index (κ3) is 3.32. The van der Waals surface area contributed by atoms with E-state index >= 15 is 0 Å². The van der Waals surface area contributed by atoms with Crippen LogP contribution in [0.25, 0.3) is 11.5 Å². The fraction of sp³-hybridized carbons (Fsp3) is 0.444. The number of benzene rings is 1. The maximum atomic E-state index is 13.1. The van der Waals surface area contributed by atoms with E-state index in [-0.39, 0.29) is 24.9 Å². The Kier molecular flexibility index (Phi) is 5.03. The molecule has 0 saturated carbocycles. The number of hydrogen-bond acceptors (Lipinski definition) is 6. The molecule has 1 fully saturated rings. The second-order valence-electron chi connectivity index (χ2n) is 6.54. The summed E-state index contributed by atoms with van der Waals surface area (Å²) >= 11 is 0. The molecule has 1 atom stereocenters. The van der Waals surface area contributed by atoms with Gasteiger partial charge in [-0.05, 0) is 31.9 Å². The van der Waals surface area contributed by atoms with Crippen molar-refractivity contribution in [2.24, 2.45) is 5.41 Å². The van der Waals surface area contributed by atoms with Crippen molar-refractivity contribution in [2.75, 3.05) is 26.8 Å². The fourth-order valence-electron chi connectivity index (χ4n) is 3.37. The van der Waals surface area contributed by atoms with E-state index in [1.165, 1.54) is 7.11 Å². The van der Waals surface area contributed by atoms with Crippen LogP contribution in [0.2, 0.25) is 0 Å². The van der Waals surface area contributed by atoms with Crippen LogP contribution in [0, 0.1) is 12.3 Å². The van der Waals surface area contributed by atoms with Gasteiger partial charge in [0.15, 0.2) is 5.82 Å². The van der Waals surface area contributed by atoms with Crippen LogP contribution >= 0.6 is 0 Å². The van der Waals surface area contributed by atoms with Gasteiger partial charge in [0.05, 0.1) is 17.7 Å². The first-order valence-corrected chi connectivity index (χ1v) is 8.38. The first kappa shape index (κ1) is 18.1. The predicted octanol–water partition coefficient (Wildman–Crippen LogP) is 2.00. The molecule has 1 aromatic heterocycles. The first-order valence-electron chi connectivity index (χ1n) is 8.38. The molecule has 1 saturated heterocycles. The zero-order valence-corrected chi connectivity index (χ0v) is 14.8. The Morgan fingerprint density at radius 2 is 2.15 bits per heavy atom. The largest absolute Gasteiger partial charge is 0.481 e. The van der Waals surface area contributed by atoms with Gasteiger partial charge in [-0.3, -0.25) is 9.59 Å². The number of ether oxygens (including phenoxy) is 1. The molecule has 2 heterocycles. The molecule has 2 aromatic rings. The summed E-state index contributed by atoms with van der Waals surface area (Å²) in [6.07, 6.45) is 1.08. The topological polar surface area (TPSA) is 106 Å². The molecule has 8 nitrogen and oxygen atoms in total.